The van der Waals surface area contributed by atoms with Crippen molar-refractivity contribution < 1.29 is 0 Å². The molecule has 0 spiro atoms. The van der Waals surface area contributed by atoms with E-state index < -0.39 is 0 Å². The summed E-state index contributed by atoms with van der Waals surface area (Å²) in [5, 5.41) is 8.28. The normalized spacial score (nSPS) is 12.7. The van der Waals surface area contributed by atoms with Crippen LogP contribution in [0.2, 0.25) is 0 Å². The third-order valence-corrected chi connectivity index (χ3v) is 4.51. The van der Waals surface area contributed by atoms with Gasteiger partial charge >= 0.3 is 0 Å². The Morgan fingerprint density at radius 1 is 0.952 bits per heavy atom. The van der Waals surface area contributed by atoms with E-state index in [0.717, 1.165) is 18.7 Å². The number of rotatable bonds is 13. The number of nitrogens with zero attached hydrogens (tertiary/aromatic N) is 3. The standard InChI is InChI=1S/C17H32ClN3/c1-3-5-6-7-8-9-10-11-12-13-14-21-15-17(19-20-21)16(18)4-2/h15-16H,3-14H2,1-2H3. The number of aryl methyl sites for hydroxylation is 1. The molecule has 21 heavy (non-hydrogen) atoms. The van der Waals surface area contributed by atoms with E-state index in [0.29, 0.717) is 0 Å². The fourth-order valence-electron chi connectivity index (χ4n) is 2.54. The van der Waals surface area contributed by atoms with Gasteiger partial charge in [0.25, 0.3) is 0 Å². The number of hydrogen-bond acceptors (Lipinski definition) is 2. The van der Waals surface area contributed by atoms with Gasteiger partial charge in [0.05, 0.1) is 5.38 Å². The molecule has 0 saturated carbocycles. The molecule has 122 valence electrons. The van der Waals surface area contributed by atoms with Crippen molar-refractivity contribution in [2.24, 2.45) is 0 Å². The monoisotopic (exact) mass is 313 g/mol. The quantitative estimate of drug-likeness (QED) is 0.336. The molecule has 0 aliphatic heterocycles. The van der Waals surface area contributed by atoms with Gasteiger partial charge in [-0.25, -0.2) is 0 Å². The van der Waals surface area contributed by atoms with E-state index in [4.69, 9.17) is 11.6 Å². The Morgan fingerprint density at radius 2 is 1.52 bits per heavy atom. The lowest BCUT2D eigenvalue weighted by molar-refractivity contribution is 0.507. The zero-order chi connectivity index (χ0) is 15.3. The summed E-state index contributed by atoms with van der Waals surface area (Å²) >= 11 is 6.15. The topological polar surface area (TPSA) is 30.7 Å². The van der Waals surface area contributed by atoms with Gasteiger partial charge in [0.2, 0.25) is 0 Å². The minimum absolute atomic E-state index is 0.00598. The average molecular weight is 314 g/mol. The Hall–Kier alpha value is -0.570. The minimum Gasteiger partial charge on any atom is -0.252 e. The van der Waals surface area contributed by atoms with Crippen molar-refractivity contribution in [1.29, 1.82) is 0 Å². The molecule has 0 aliphatic rings. The lowest BCUT2D eigenvalue weighted by atomic mass is 10.1. The molecular formula is C17H32ClN3. The Balaban J connectivity index is 1.95. The Morgan fingerprint density at radius 3 is 2.10 bits per heavy atom. The highest BCUT2D eigenvalue weighted by Crippen LogP contribution is 2.20. The van der Waals surface area contributed by atoms with E-state index in [1.54, 1.807) is 0 Å². The third kappa shape index (κ3) is 8.45. The van der Waals surface area contributed by atoms with Crippen molar-refractivity contribution in [3.63, 3.8) is 0 Å². The second kappa shape index (κ2) is 12.0. The van der Waals surface area contributed by atoms with Crippen LogP contribution in [-0.4, -0.2) is 15.0 Å². The van der Waals surface area contributed by atoms with E-state index >= 15 is 0 Å². The zero-order valence-electron chi connectivity index (χ0n) is 13.9. The maximum atomic E-state index is 6.15. The van der Waals surface area contributed by atoms with Gasteiger partial charge in [0, 0.05) is 12.7 Å². The van der Waals surface area contributed by atoms with Crippen LogP contribution in [0.25, 0.3) is 0 Å². The molecule has 0 aliphatic carbocycles. The van der Waals surface area contributed by atoms with E-state index in [-0.39, 0.29) is 5.38 Å². The maximum absolute atomic E-state index is 6.15. The van der Waals surface area contributed by atoms with Crippen LogP contribution in [0.5, 0.6) is 0 Å². The number of hydrogen-bond donors (Lipinski definition) is 0. The molecule has 1 heterocycles. The largest absolute Gasteiger partial charge is 0.252 e. The Bertz CT molecular complexity index is 352. The summed E-state index contributed by atoms with van der Waals surface area (Å²) in [6, 6.07) is 0. The highest BCUT2D eigenvalue weighted by Gasteiger charge is 2.09. The molecule has 1 atom stereocenters. The number of aromatic nitrogens is 3. The molecule has 0 saturated heterocycles. The molecule has 1 aromatic rings. The first-order valence-electron chi connectivity index (χ1n) is 8.82. The van der Waals surface area contributed by atoms with Gasteiger partial charge in [-0.1, -0.05) is 76.8 Å². The number of alkyl halides is 1. The zero-order valence-corrected chi connectivity index (χ0v) is 14.6. The van der Waals surface area contributed by atoms with Gasteiger partial charge in [0.1, 0.15) is 5.69 Å². The molecule has 3 nitrogen and oxygen atoms in total. The van der Waals surface area contributed by atoms with Crippen molar-refractivity contribution in [1.82, 2.24) is 15.0 Å². The van der Waals surface area contributed by atoms with E-state index in [2.05, 4.69) is 24.2 Å². The summed E-state index contributed by atoms with van der Waals surface area (Å²) in [5.41, 5.74) is 0.909. The van der Waals surface area contributed by atoms with E-state index in [1.165, 1.54) is 64.2 Å². The molecule has 1 aromatic heterocycles. The predicted octanol–water partition coefficient (Wildman–Crippen LogP) is 5.89. The molecule has 0 fully saturated rings. The summed E-state index contributed by atoms with van der Waals surface area (Å²) in [6.07, 6.45) is 16.5. The van der Waals surface area contributed by atoms with Gasteiger partial charge in [-0.15, -0.1) is 16.7 Å². The smallest absolute Gasteiger partial charge is 0.100 e. The van der Waals surface area contributed by atoms with Gasteiger partial charge < -0.3 is 0 Å². The Kier molecular flexibility index (Phi) is 10.6. The van der Waals surface area contributed by atoms with Crippen LogP contribution in [0.3, 0.4) is 0 Å². The van der Waals surface area contributed by atoms with Gasteiger partial charge in [-0.3, -0.25) is 4.68 Å². The van der Waals surface area contributed by atoms with Crippen LogP contribution < -0.4 is 0 Å². The first-order chi connectivity index (χ1) is 10.3. The van der Waals surface area contributed by atoms with Crippen LogP contribution in [0.15, 0.2) is 6.20 Å². The molecule has 0 radical (unpaired) electrons. The molecule has 0 amide bonds. The van der Waals surface area contributed by atoms with Gasteiger partial charge in [-0.05, 0) is 12.8 Å². The van der Waals surface area contributed by atoms with Crippen molar-refractivity contribution in [3.05, 3.63) is 11.9 Å². The summed E-state index contributed by atoms with van der Waals surface area (Å²) in [6.45, 7) is 5.31. The maximum Gasteiger partial charge on any atom is 0.100 e. The van der Waals surface area contributed by atoms with Crippen molar-refractivity contribution in [2.75, 3.05) is 0 Å². The lowest BCUT2D eigenvalue weighted by Crippen LogP contribution is -1.98. The summed E-state index contributed by atoms with van der Waals surface area (Å²) in [7, 11) is 0. The summed E-state index contributed by atoms with van der Waals surface area (Å²) < 4.78 is 1.94. The first-order valence-corrected chi connectivity index (χ1v) is 9.25. The van der Waals surface area contributed by atoms with Crippen LogP contribution >= 0.6 is 11.6 Å². The molecule has 0 aromatic carbocycles. The minimum atomic E-state index is 0.00598. The summed E-state index contributed by atoms with van der Waals surface area (Å²) in [4.78, 5) is 0. The van der Waals surface area contributed by atoms with Crippen LogP contribution in [0.4, 0.5) is 0 Å². The van der Waals surface area contributed by atoms with Crippen molar-refractivity contribution in [2.45, 2.75) is 96.4 Å². The highest BCUT2D eigenvalue weighted by molar-refractivity contribution is 6.20. The highest BCUT2D eigenvalue weighted by atomic mass is 35.5. The number of unbranched alkanes of at least 4 members (excludes halogenated alkanes) is 9. The molecule has 0 bridgehead atoms. The SMILES string of the molecule is CCCCCCCCCCCCn1cc(C(Cl)CC)nn1. The predicted molar refractivity (Wildman–Crippen MR) is 90.8 cm³/mol. The average Bonchev–Trinajstić information content (AvgIpc) is 2.97. The van der Waals surface area contributed by atoms with Crippen LogP contribution in [0, 0.1) is 0 Å². The first kappa shape index (κ1) is 18.5. The second-order valence-electron chi connectivity index (χ2n) is 5.96. The van der Waals surface area contributed by atoms with Crippen LogP contribution in [0.1, 0.15) is 95.5 Å². The fourth-order valence-corrected chi connectivity index (χ4v) is 2.64. The van der Waals surface area contributed by atoms with Gasteiger partial charge in [-0.2, -0.15) is 0 Å². The van der Waals surface area contributed by atoms with E-state index in [9.17, 15) is 0 Å². The van der Waals surface area contributed by atoms with Crippen LogP contribution in [-0.2, 0) is 6.54 Å². The molecule has 1 rings (SSSR count). The molecule has 4 heteroatoms. The second-order valence-corrected chi connectivity index (χ2v) is 6.49. The molecule has 0 N–H and O–H groups in total. The third-order valence-electron chi connectivity index (χ3n) is 3.98. The van der Waals surface area contributed by atoms with Crippen molar-refractivity contribution >= 4 is 11.6 Å². The Labute approximate surface area is 135 Å². The fraction of sp³-hybridized carbons (Fsp3) is 0.882. The summed E-state index contributed by atoms with van der Waals surface area (Å²) in [5.74, 6) is 0. The van der Waals surface area contributed by atoms with Crippen molar-refractivity contribution in [3.8, 4) is 0 Å². The molecule has 1 unspecified atom stereocenters. The van der Waals surface area contributed by atoms with Gasteiger partial charge in [0.15, 0.2) is 0 Å². The van der Waals surface area contributed by atoms with E-state index in [1.807, 2.05) is 10.9 Å². The lowest BCUT2D eigenvalue weighted by Gasteiger charge is -2.03. The number of halogens is 1. The molecular weight excluding hydrogens is 282 g/mol.